The molecule has 2 aromatic rings. The molecule has 1 aliphatic heterocycles. The molecule has 1 aliphatic rings. The van der Waals surface area contributed by atoms with Gasteiger partial charge in [-0.2, -0.15) is 0 Å². The summed E-state index contributed by atoms with van der Waals surface area (Å²) in [5, 5.41) is 5.70. The van der Waals surface area contributed by atoms with Crippen molar-refractivity contribution < 1.29 is 9.18 Å². The van der Waals surface area contributed by atoms with Gasteiger partial charge in [0.25, 0.3) is 11.5 Å². The predicted octanol–water partition coefficient (Wildman–Crippen LogP) is 2.45. The molecule has 24 heavy (non-hydrogen) atoms. The van der Waals surface area contributed by atoms with Gasteiger partial charge in [0.1, 0.15) is 11.4 Å². The summed E-state index contributed by atoms with van der Waals surface area (Å²) in [5.41, 5.74) is 2.40. The summed E-state index contributed by atoms with van der Waals surface area (Å²) in [5.74, 6) is -1.02. The van der Waals surface area contributed by atoms with Gasteiger partial charge in [-0.1, -0.05) is 6.07 Å². The van der Waals surface area contributed by atoms with Crippen molar-refractivity contribution in [3.63, 3.8) is 0 Å². The van der Waals surface area contributed by atoms with E-state index in [1.807, 2.05) is 0 Å². The van der Waals surface area contributed by atoms with Crippen LogP contribution >= 0.6 is 12.4 Å². The maximum atomic E-state index is 14.6. The van der Waals surface area contributed by atoms with Crippen LogP contribution in [0, 0.1) is 19.7 Å². The maximum absolute atomic E-state index is 14.6. The summed E-state index contributed by atoms with van der Waals surface area (Å²) in [6, 6.07) is 5.05. The minimum absolute atomic E-state index is 0. The van der Waals surface area contributed by atoms with Crippen molar-refractivity contribution in [3.8, 4) is 0 Å². The third-order valence-corrected chi connectivity index (χ3v) is 4.05. The fourth-order valence-corrected chi connectivity index (χ4v) is 2.95. The second-order valence-corrected chi connectivity index (χ2v) is 5.79. The van der Waals surface area contributed by atoms with Gasteiger partial charge in [-0.3, -0.25) is 9.59 Å². The van der Waals surface area contributed by atoms with Crippen LogP contribution in [0.5, 0.6) is 0 Å². The summed E-state index contributed by atoms with van der Waals surface area (Å²) in [4.78, 5) is 27.0. The van der Waals surface area contributed by atoms with E-state index >= 15 is 0 Å². The molecule has 0 spiro atoms. The maximum Gasteiger partial charge on any atom is 0.261 e. The highest BCUT2D eigenvalue weighted by molar-refractivity contribution is 6.05. The Hall–Kier alpha value is -2.18. The van der Waals surface area contributed by atoms with E-state index in [1.54, 1.807) is 26.0 Å². The molecule has 0 saturated carbocycles. The Morgan fingerprint density at radius 2 is 2.04 bits per heavy atom. The van der Waals surface area contributed by atoms with Crippen molar-refractivity contribution in [2.75, 3.05) is 11.9 Å². The Bertz CT molecular complexity index is 848. The molecule has 1 amide bonds. The van der Waals surface area contributed by atoms with Crippen molar-refractivity contribution in [3.05, 3.63) is 62.3 Å². The van der Waals surface area contributed by atoms with Crippen molar-refractivity contribution in [1.82, 2.24) is 10.3 Å². The fraction of sp³-hybridized carbons (Fsp3) is 0.294. The van der Waals surface area contributed by atoms with Crippen LogP contribution in [0.3, 0.4) is 0 Å². The van der Waals surface area contributed by atoms with Crippen LogP contribution in [0.15, 0.2) is 23.0 Å². The molecule has 0 aliphatic carbocycles. The number of benzene rings is 1. The number of aryl methyl sites for hydroxylation is 2. The highest BCUT2D eigenvalue weighted by atomic mass is 35.5. The summed E-state index contributed by atoms with van der Waals surface area (Å²) in [6.07, 6.45) is 0.578. The minimum atomic E-state index is -0.600. The van der Waals surface area contributed by atoms with E-state index in [1.165, 1.54) is 6.07 Å². The molecule has 5 nitrogen and oxygen atoms in total. The lowest BCUT2D eigenvalue weighted by Gasteiger charge is -2.19. The number of carbonyl (C=O) groups is 1. The lowest BCUT2D eigenvalue weighted by Crippen LogP contribution is -2.27. The molecule has 1 aromatic heterocycles. The first-order valence-corrected chi connectivity index (χ1v) is 7.50. The number of H-pyrrole nitrogens is 1. The predicted molar refractivity (Wildman–Crippen MR) is 93.5 cm³/mol. The van der Waals surface area contributed by atoms with E-state index < -0.39 is 17.3 Å². The van der Waals surface area contributed by atoms with E-state index in [0.29, 0.717) is 36.3 Å². The van der Waals surface area contributed by atoms with Gasteiger partial charge in [-0.25, -0.2) is 4.39 Å². The van der Waals surface area contributed by atoms with Gasteiger partial charge in [0, 0.05) is 12.2 Å². The molecule has 0 bridgehead atoms. The van der Waals surface area contributed by atoms with Crippen molar-refractivity contribution >= 4 is 24.0 Å². The monoisotopic (exact) mass is 351 g/mol. The molecule has 128 valence electrons. The molecule has 2 heterocycles. The highest BCUT2D eigenvalue weighted by Crippen LogP contribution is 2.25. The van der Waals surface area contributed by atoms with Crippen molar-refractivity contribution in [1.29, 1.82) is 0 Å². The van der Waals surface area contributed by atoms with Gasteiger partial charge in [0.2, 0.25) is 0 Å². The number of pyridine rings is 1. The van der Waals surface area contributed by atoms with Crippen LogP contribution in [0.1, 0.15) is 32.7 Å². The number of amides is 1. The van der Waals surface area contributed by atoms with E-state index in [4.69, 9.17) is 0 Å². The van der Waals surface area contributed by atoms with E-state index in [0.717, 1.165) is 5.56 Å². The molecule has 1 aromatic carbocycles. The summed E-state index contributed by atoms with van der Waals surface area (Å²) in [7, 11) is 0. The Kier molecular flexibility index (Phi) is 5.41. The third kappa shape index (κ3) is 3.34. The van der Waals surface area contributed by atoms with Crippen LogP contribution in [0.2, 0.25) is 0 Å². The zero-order chi connectivity index (χ0) is 16.6. The normalized spacial score (nSPS) is 13.0. The first-order chi connectivity index (χ1) is 11.0. The fourth-order valence-electron chi connectivity index (χ4n) is 2.95. The largest absolute Gasteiger partial charge is 0.326 e. The number of rotatable bonds is 2. The van der Waals surface area contributed by atoms with Crippen LogP contribution in [0.25, 0.3) is 0 Å². The number of nitrogens with one attached hydrogen (secondary N) is 3. The lowest BCUT2D eigenvalue weighted by molar-refractivity contribution is 0.102. The van der Waals surface area contributed by atoms with E-state index in [2.05, 4.69) is 15.6 Å². The molecular weight excluding hydrogens is 333 g/mol. The smallest absolute Gasteiger partial charge is 0.261 e. The zero-order valence-corrected chi connectivity index (χ0v) is 14.3. The van der Waals surface area contributed by atoms with Gasteiger partial charge in [-0.05, 0) is 55.6 Å². The quantitative estimate of drug-likeness (QED) is 0.778. The minimum Gasteiger partial charge on any atom is -0.326 e. The molecule has 0 unspecified atom stereocenters. The third-order valence-electron chi connectivity index (χ3n) is 4.05. The Balaban J connectivity index is 0.00000208. The van der Waals surface area contributed by atoms with Gasteiger partial charge < -0.3 is 15.6 Å². The Labute approximate surface area is 145 Å². The van der Waals surface area contributed by atoms with Gasteiger partial charge in [0.15, 0.2) is 0 Å². The first-order valence-electron chi connectivity index (χ1n) is 7.50. The number of aromatic nitrogens is 1. The van der Waals surface area contributed by atoms with Crippen molar-refractivity contribution in [2.24, 2.45) is 0 Å². The summed E-state index contributed by atoms with van der Waals surface area (Å²) < 4.78 is 14.6. The van der Waals surface area contributed by atoms with Crippen molar-refractivity contribution in [2.45, 2.75) is 26.8 Å². The van der Waals surface area contributed by atoms with Gasteiger partial charge in [0.05, 0.1) is 5.69 Å². The van der Waals surface area contributed by atoms with Crippen LogP contribution < -0.4 is 16.2 Å². The number of aromatic amines is 1. The topological polar surface area (TPSA) is 74.0 Å². The summed E-state index contributed by atoms with van der Waals surface area (Å²) in [6.45, 7) is 4.76. The Morgan fingerprint density at radius 3 is 2.75 bits per heavy atom. The molecule has 7 heteroatoms. The van der Waals surface area contributed by atoms with E-state index in [-0.39, 0.29) is 23.7 Å². The number of carbonyl (C=O) groups excluding carboxylic acids is 1. The second-order valence-electron chi connectivity index (χ2n) is 5.79. The number of anilines is 1. The molecule has 0 fully saturated rings. The molecule has 0 atom stereocenters. The number of hydrogen-bond acceptors (Lipinski definition) is 3. The number of halogens is 2. The average molecular weight is 352 g/mol. The van der Waals surface area contributed by atoms with Gasteiger partial charge >= 0.3 is 0 Å². The first kappa shape index (κ1) is 18.2. The highest BCUT2D eigenvalue weighted by Gasteiger charge is 2.20. The molecule has 3 rings (SSSR count). The Morgan fingerprint density at radius 1 is 1.29 bits per heavy atom. The average Bonchev–Trinajstić information content (AvgIpc) is 2.49. The van der Waals surface area contributed by atoms with E-state index in [9.17, 15) is 14.0 Å². The standard InChI is InChI=1S/C17H18FN3O2.ClH/c1-9-7-10(2)20-16(22)14(9)17(23)21-13-4-3-11-8-19-6-5-12(11)15(13)18;/h3-4,7,19H,5-6,8H2,1-2H3,(H,20,22)(H,21,23);1H. The molecular formula is C17H19ClFN3O2. The van der Waals surface area contributed by atoms with Crippen LogP contribution in [0.4, 0.5) is 10.1 Å². The number of fused-ring (bicyclic) bond motifs is 1. The molecule has 3 N–H and O–H groups in total. The summed E-state index contributed by atoms with van der Waals surface area (Å²) >= 11 is 0. The van der Waals surface area contributed by atoms with Crippen LogP contribution in [-0.4, -0.2) is 17.4 Å². The zero-order valence-electron chi connectivity index (χ0n) is 13.5. The lowest BCUT2D eigenvalue weighted by atomic mass is 9.99. The SMILES string of the molecule is Cc1cc(C)c(C(=O)Nc2ccc3c(c2F)CCNC3)c(=O)[nH]1.Cl. The molecule has 0 radical (unpaired) electrons. The molecule has 0 saturated heterocycles. The van der Waals surface area contributed by atoms with Gasteiger partial charge in [-0.15, -0.1) is 12.4 Å². The van der Waals surface area contributed by atoms with Crippen LogP contribution in [-0.2, 0) is 13.0 Å². The second kappa shape index (κ2) is 7.15. The number of hydrogen-bond donors (Lipinski definition) is 3.